The van der Waals surface area contributed by atoms with Gasteiger partial charge in [-0.15, -0.1) is 11.3 Å². The number of rotatable bonds is 4. The van der Waals surface area contributed by atoms with Crippen LogP contribution in [0.3, 0.4) is 0 Å². The number of hydrogen-bond donors (Lipinski definition) is 1. The van der Waals surface area contributed by atoms with Crippen LogP contribution < -0.4 is 5.32 Å². The second-order valence-electron chi connectivity index (χ2n) is 5.38. The van der Waals surface area contributed by atoms with Crippen LogP contribution >= 0.6 is 11.3 Å². The largest absolute Gasteiger partial charge is 0.346 e. The van der Waals surface area contributed by atoms with Gasteiger partial charge in [-0.25, -0.2) is 9.97 Å². The minimum atomic E-state index is 0.0335. The first-order valence-electron chi connectivity index (χ1n) is 7.43. The van der Waals surface area contributed by atoms with Gasteiger partial charge in [0.1, 0.15) is 12.4 Å². The molecule has 3 rings (SSSR count). The van der Waals surface area contributed by atoms with Crippen molar-refractivity contribution in [3.8, 4) is 0 Å². The van der Waals surface area contributed by atoms with E-state index in [9.17, 15) is 4.79 Å². The Labute approximate surface area is 128 Å². The predicted molar refractivity (Wildman–Crippen MR) is 82.3 cm³/mol. The second kappa shape index (κ2) is 5.97. The SMILES string of the molecule is CCc1nccn1CC(=O)NC1CCCc2sc(C)nc21. The molecule has 0 aliphatic heterocycles. The topological polar surface area (TPSA) is 59.8 Å². The fourth-order valence-corrected chi connectivity index (χ4v) is 3.91. The molecule has 0 radical (unpaired) electrons. The molecule has 0 aromatic carbocycles. The summed E-state index contributed by atoms with van der Waals surface area (Å²) in [4.78, 5) is 22.5. The number of carbonyl (C=O) groups is 1. The highest BCUT2D eigenvalue weighted by Gasteiger charge is 2.25. The molecule has 1 aliphatic carbocycles. The Morgan fingerprint density at radius 2 is 2.43 bits per heavy atom. The van der Waals surface area contributed by atoms with Crippen LogP contribution in [0.2, 0.25) is 0 Å². The smallest absolute Gasteiger partial charge is 0.240 e. The number of amides is 1. The van der Waals surface area contributed by atoms with Crippen LogP contribution in [-0.2, 0) is 24.2 Å². The minimum absolute atomic E-state index is 0.0335. The van der Waals surface area contributed by atoms with Crippen molar-refractivity contribution in [2.75, 3.05) is 0 Å². The lowest BCUT2D eigenvalue weighted by atomic mass is 9.97. The van der Waals surface area contributed by atoms with Crippen LogP contribution in [0.4, 0.5) is 0 Å². The molecule has 1 unspecified atom stereocenters. The van der Waals surface area contributed by atoms with Gasteiger partial charge in [-0.1, -0.05) is 6.92 Å². The molecule has 2 aromatic rings. The molecule has 2 heterocycles. The monoisotopic (exact) mass is 304 g/mol. The number of thiazole rings is 1. The summed E-state index contributed by atoms with van der Waals surface area (Å²) in [6.07, 6.45) is 7.62. The number of hydrogen-bond acceptors (Lipinski definition) is 4. The first-order chi connectivity index (χ1) is 10.2. The van der Waals surface area contributed by atoms with Crippen LogP contribution in [0.1, 0.15) is 47.2 Å². The van der Waals surface area contributed by atoms with Crippen molar-refractivity contribution in [2.24, 2.45) is 0 Å². The van der Waals surface area contributed by atoms with Crippen LogP contribution in [-0.4, -0.2) is 20.4 Å². The maximum Gasteiger partial charge on any atom is 0.240 e. The standard InChI is InChI=1S/C15H20N4OS/c1-3-13-16-7-8-19(13)9-14(20)18-11-5-4-6-12-15(11)17-10(2)21-12/h7-8,11H,3-6,9H2,1-2H3,(H,18,20). The van der Waals surface area contributed by atoms with Crippen LogP contribution in [0.25, 0.3) is 0 Å². The summed E-state index contributed by atoms with van der Waals surface area (Å²) >= 11 is 1.75. The maximum atomic E-state index is 12.3. The summed E-state index contributed by atoms with van der Waals surface area (Å²) in [6.45, 7) is 4.40. The van der Waals surface area contributed by atoms with E-state index >= 15 is 0 Å². The van der Waals surface area contributed by atoms with E-state index in [1.54, 1.807) is 17.5 Å². The lowest BCUT2D eigenvalue weighted by Crippen LogP contribution is -2.33. The van der Waals surface area contributed by atoms with Gasteiger partial charge in [-0.3, -0.25) is 4.79 Å². The molecule has 0 saturated heterocycles. The molecule has 0 spiro atoms. The third kappa shape index (κ3) is 3.00. The van der Waals surface area contributed by atoms with Gasteiger partial charge in [0.15, 0.2) is 0 Å². The van der Waals surface area contributed by atoms with Gasteiger partial charge < -0.3 is 9.88 Å². The van der Waals surface area contributed by atoms with Gasteiger partial charge in [0.25, 0.3) is 0 Å². The zero-order chi connectivity index (χ0) is 14.8. The highest BCUT2D eigenvalue weighted by molar-refractivity contribution is 7.11. The van der Waals surface area contributed by atoms with Crippen LogP contribution in [0, 0.1) is 6.92 Å². The van der Waals surface area contributed by atoms with Crippen molar-refractivity contribution in [1.82, 2.24) is 19.9 Å². The predicted octanol–water partition coefficient (Wildman–Crippen LogP) is 2.40. The molecule has 1 amide bonds. The Bertz CT molecular complexity index is 646. The van der Waals surface area contributed by atoms with Crippen molar-refractivity contribution in [1.29, 1.82) is 0 Å². The fourth-order valence-electron chi connectivity index (χ4n) is 2.87. The quantitative estimate of drug-likeness (QED) is 0.943. The molecule has 2 aromatic heterocycles. The Kier molecular flexibility index (Phi) is 4.05. The summed E-state index contributed by atoms with van der Waals surface area (Å²) in [5.74, 6) is 0.977. The molecular weight excluding hydrogens is 284 g/mol. The number of aromatic nitrogens is 3. The van der Waals surface area contributed by atoms with Crippen molar-refractivity contribution in [2.45, 2.75) is 52.1 Å². The summed E-state index contributed by atoms with van der Waals surface area (Å²) in [6, 6.07) is 0.0693. The van der Waals surface area contributed by atoms with E-state index in [2.05, 4.69) is 15.3 Å². The molecule has 21 heavy (non-hydrogen) atoms. The average Bonchev–Trinajstić information content (AvgIpc) is 3.04. The van der Waals surface area contributed by atoms with Gasteiger partial charge in [0.2, 0.25) is 5.91 Å². The molecule has 5 nitrogen and oxygen atoms in total. The van der Waals surface area contributed by atoms with E-state index in [1.807, 2.05) is 24.6 Å². The molecule has 0 bridgehead atoms. The highest BCUT2D eigenvalue weighted by Crippen LogP contribution is 2.32. The van der Waals surface area contributed by atoms with Crippen molar-refractivity contribution in [3.63, 3.8) is 0 Å². The van der Waals surface area contributed by atoms with Gasteiger partial charge >= 0.3 is 0 Å². The summed E-state index contributed by atoms with van der Waals surface area (Å²) < 4.78 is 1.91. The number of carbonyl (C=O) groups excluding carboxylic acids is 1. The fraction of sp³-hybridized carbons (Fsp3) is 0.533. The Hall–Kier alpha value is -1.69. The van der Waals surface area contributed by atoms with Crippen LogP contribution in [0.15, 0.2) is 12.4 Å². The van der Waals surface area contributed by atoms with Crippen LogP contribution in [0.5, 0.6) is 0 Å². The Balaban J connectivity index is 1.68. The normalized spacial score (nSPS) is 17.5. The van der Waals surface area contributed by atoms with E-state index in [1.165, 1.54) is 4.88 Å². The zero-order valence-corrected chi connectivity index (χ0v) is 13.2. The number of aryl methyl sites for hydroxylation is 3. The summed E-state index contributed by atoms with van der Waals surface area (Å²) in [5, 5.41) is 4.22. The van der Waals surface area contributed by atoms with Gasteiger partial charge in [-0.05, 0) is 26.2 Å². The van der Waals surface area contributed by atoms with E-state index in [0.29, 0.717) is 6.54 Å². The molecule has 1 N–H and O–H groups in total. The van der Waals surface area contributed by atoms with Gasteiger partial charge in [-0.2, -0.15) is 0 Å². The van der Waals surface area contributed by atoms with Gasteiger partial charge in [0.05, 0.1) is 16.7 Å². The summed E-state index contributed by atoms with van der Waals surface area (Å²) in [5.41, 5.74) is 1.08. The van der Waals surface area contributed by atoms with Crippen molar-refractivity contribution < 1.29 is 4.79 Å². The Morgan fingerprint density at radius 1 is 1.57 bits per heavy atom. The number of imidazole rings is 1. The molecule has 0 saturated carbocycles. The molecule has 1 atom stereocenters. The van der Waals surface area contributed by atoms with E-state index in [-0.39, 0.29) is 11.9 Å². The molecule has 1 aliphatic rings. The van der Waals surface area contributed by atoms with Crippen molar-refractivity contribution >= 4 is 17.2 Å². The molecular formula is C15H20N4OS. The third-order valence-electron chi connectivity index (χ3n) is 3.83. The van der Waals surface area contributed by atoms with E-state index in [0.717, 1.165) is 42.2 Å². The van der Waals surface area contributed by atoms with E-state index in [4.69, 9.17) is 0 Å². The summed E-state index contributed by atoms with van der Waals surface area (Å²) in [7, 11) is 0. The first kappa shape index (κ1) is 14.3. The molecule has 6 heteroatoms. The minimum Gasteiger partial charge on any atom is -0.346 e. The average molecular weight is 304 g/mol. The lowest BCUT2D eigenvalue weighted by Gasteiger charge is -2.22. The first-order valence-corrected chi connectivity index (χ1v) is 8.24. The lowest BCUT2D eigenvalue weighted by molar-refractivity contribution is -0.122. The third-order valence-corrected chi connectivity index (χ3v) is 4.87. The highest BCUT2D eigenvalue weighted by atomic mass is 32.1. The second-order valence-corrected chi connectivity index (χ2v) is 6.67. The Morgan fingerprint density at radius 3 is 3.24 bits per heavy atom. The van der Waals surface area contributed by atoms with Gasteiger partial charge in [0, 0.05) is 23.7 Å². The maximum absolute atomic E-state index is 12.3. The number of fused-ring (bicyclic) bond motifs is 1. The molecule has 0 fully saturated rings. The molecule has 112 valence electrons. The van der Waals surface area contributed by atoms with E-state index < -0.39 is 0 Å². The number of nitrogens with one attached hydrogen (secondary N) is 1. The van der Waals surface area contributed by atoms with Crippen molar-refractivity contribution in [3.05, 3.63) is 33.8 Å². The zero-order valence-electron chi connectivity index (χ0n) is 12.4. The number of nitrogens with zero attached hydrogens (tertiary/aromatic N) is 3.